The predicted molar refractivity (Wildman–Crippen MR) is 143 cm³/mol. The summed E-state index contributed by atoms with van der Waals surface area (Å²) in [4.78, 5) is 14.9. The standard InChI is InChI=1S/C26H38N4O4S2.Lr/c1-30-18-20(11-14-35-21-9-5-3-6-10-21)28-24-19(17-27)15-22(16-23(24)30)36(32,33)29-25(31)26(34-2)12-7-4-8-13-26;/h15-16,20-21,27H,3-14,18H2,1-2H3,(H,29,31);/p-1/t20-;/m1./s1. The number of hydrogen-bond donors (Lipinski definition) is 1. The van der Waals surface area contributed by atoms with Gasteiger partial charge >= 0.3 is 0 Å². The first kappa shape index (κ1) is 28.6. The Kier molecular flexibility index (Phi) is 9.32. The topological polar surface area (TPSA) is 114 Å². The predicted octanol–water partition coefficient (Wildman–Crippen LogP) is 4.99. The molecule has 4 rings (SSSR count). The van der Waals surface area contributed by atoms with Crippen molar-refractivity contribution in [2.24, 2.45) is 0 Å². The van der Waals surface area contributed by atoms with E-state index in [1.807, 2.05) is 23.7 Å². The molecule has 11 heteroatoms. The van der Waals surface area contributed by atoms with Crippen LogP contribution in [0.15, 0.2) is 17.0 Å². The molecule has 1 aromatic rings. The Balaban J connectivity index is 0.00000380. The van der Waals surface area contributed by atoms with Gasteiger partial charge in [-0.05, 0) is 43.6 Å². The Hall–Kier alpha value is -2.96. The average molecular weight is 796 g/mol. The van der Waals surface area contributed by atoms with Gasteiger partial charge in [0.2, 0.25) is 0 Å². The normalized spacial score (nSPS) is 21.6. The number of hydrogen-bond acceptors (Lipinski definition) is 7. The molecule has 0 spiro atoms. The maximum absolute atomic E-state index is 13.2. The van der Waals surface area contributed by atoms with Gasteiger partial charge in [-0.3, -0.25) is 4.79 Å². The third-order valence-corrected chi connectivity index (χ3v) is 10.5. The number of nitriles is 1. The second-order valence-corrected chi connectivity index (χ2v) is 13.3. The largest absolute Gasteiger partial charge is 0.678 e. The monoisotopic (exact) mass is 795 g/mol. The molecule has 213 valence electrons. The van der Waals surface area contributed by atoms with Gasteiger partial charge < -0.3 is 15.0 Å². The molecule has 1 aliphatic heterocycles. The number of methoxy groups -OCH3 is 1. The summed E-state index contributed by atoms with van der Waals surface area (Å²) in [6.45, 7) is 0.658. The van der Waals surface area contributed by atoms with Crippen LogP contribution < -0.4 is 9.62 Å². The summed E-state index contributed by atoms with van der Waals surface area (Å²) >= 11 is 2.03. The first-order valence-corrected chi connectivity index (χ1v) is 15.6. The average Bonchev–Trinajstić information content (AvgIpc) is 2.89. The Morgan fingerprint density at radius 2 is 1.89 bits per heavy atom. The van der Waals surface area contributed by atoms with Gasteiger partial charge in [0.05, 0.1) is 11.0 Å². The molecule has 1 aromatic carbocycles. The van der Waals surface area contributed by atoms with Gasteiger partial charge in [0.25, 0.3) is 15.9 Å². The molecule has 1 heterocycles. The minimum absolute atomic E-state index is 0. The Bertz CT molecular complexity index is 1100. The molecule has 1 N–H and O–H groups in total. The quantitative estimate of drug-likeness (QED) is 0.395. The summed E-state index contributed by atoms with van der Waals surface area (Å²) < 4.78 is 34.1. The van der Waals surface area contributed by atoms with Crippen LogP contribution in [-0.4, -0.2) is 57.7 Å². The van der Waals surface area contributed by atoms with E-state index in [9.17, 15) is 18.5 Å². The van der Waals surface area contributed by atoms with Gasteiger partial charge in [0, 0.05) is 37.2 Å². The Morgan fingerprint density at radius 1 is 1.22 bits per heavy atom. The van der Waals surface area contributed by atoms with Crippen LogP contribution in [-0.2, 0) is 19.6 Å². The molecule has 1 radical (unpaired) electrons. The van der Waals surface area contributed by atoms with Gasteiger partial charge in [-0.15, -0.1) is 0 Å². The molecule has 2 aliphatic carbocycles. The van der Waals surface area contributed by atoms with Crippen molar-refractivity contribution in [3.05, 3.63) is 23.0 Å². The summed E-state index contributed by atoms with van der Waals surface area (Å²) in [7, 11) is -0.844. The second-order valence-electron chi connectivity index (χ2n) is 10.2. The fourth-order valence-electron chi connectivity index (χ4n) is 5.58. The molecule has 3 aliphatic rings. The number of likely N-dealkylation sites (N-methyl/N-ethyl adjacent to an activating group) is 1. The van der Waals surface area contributed by atoms with Crippen molar-refractivity contribution >= 4 is 39.1 Å². The van der Waals surface area contributed by atoms with Gasteiger partial charge in [-0.25, -0.2) is 13.1 Å². The zero-order valence-corrected chi connectivity index (χ0v) is 25.3. The van der Waals surface area contributed by atoms with Gasteiger partial charge in [0.15, 0.2) is 0 Å². The molecule has 1 amide bonds. The molecule has 1 atom stereocenters. The van der Waals surface area contributed by atoms with Crippen LogP contribution in [0.2, 0.25) is 0 Å². The fourth-order valence-corrected chi connectivity index (χ4v) is 8.07. The summed E-state index contributed by atoms with van der Waals surface area (Å²) in [6.07, 6.45) is 11.1. The van der Waals surface area contributed by atoms with Crippen LogP contribution in [0.3, 0.4) is 0 Å². The molecule has 0 aromatic heterocycles. The van der Waals surface area contributed by atoms with Crippen molar-refractivity contribution in [1.82, 2.24) is 4.72 Å². The molecule has 2 fully saturated rings. The number of nitrogens with one attached hydrogen (secondary N) is 1. The molecular formula is C26H37LrN4O4S2-. The van der Waals surface area contributed by atoms with Crippen LogP contribution in [0.5, 0.6) is 0 Å². The van der Waals surface area contributed by atoms with E-state index in [4.69, 9.17) is 10.1 Å². The second kappa shape index (κ2) is 12.1. The van der Waals surface area contributed by atoms with E-state index in [0.29, 0.717) is 30.8 Å². The van der Waals surface area contributed by atoms with E-state index < -0.39 is 21.5 Å². The molecule has 8 nitrogen and oxygen atoms in total. The number of ether oxygens (including phenoxy) is 1. The SMILES string of the molecule is COC1(C(=O)NS(=O)(=O)c2cc(C#N)c3c(c2)N(C)C[C@@H](CCSC2CCCCC2)[N-]3)CCCCC1.[Lr]. The maximum atomic E-state index is 13.2. The fraction of sp³-hybridized carbons (Fsp3) is 0.692. The molecule has 0 bridgehead atoms. The Labute approximate surface area is 219 Å². The zero-order chi connectivity index (χ0) is 25.8. The molecule has 0 saturated heterocycles. The summed E-state index contributed by atoms with van der Waals surface area (Å²) in [6, 6.07) is 5.02. The molecular weight excluding hydrogens is 758 g/mol. The summed E-state index contributed by atoms with van der Waals surface area (Å²) in [5, 5.41) is 15.4. The van der Waals surface area contributed by atoms with Crippen molar-refractivity contribution < 1.29 is 17.9 Å². The van der Waals surface area contributed by atoms with E-state index in [-0.39, 0.29) is 16.5 Å². The summed E-state index contributed by atoms with van der Waals surface area (Å²) in [5.41, 5.74) is 0.199. The summed E-state index contributed by atoms with van der Waals surface area (Å²) in [5.74, 6) is 0.387. The van der Waals surface area contributed by atoms with Crippen LogP contribution >= 0.6 is 11.8 Å². The number of amides is 1. The number of carbonyl (C=O) groups excluding carboxylic acids is 1. The smallest absolute Gasteiger partial charge is 0.265 e. The van der Waals surface area contributed by atoms with Gasteiger partial charge in [0.1, 0.15) is 5.60 Å². The minimum atomic E-state index is -4.19. The van der Waals surface area contributed by atoms with E-state index in [2.05, 4.69) is 10.8 Å². The van der Waals surface area contributed by atoms with E-state index in [0.717, 1.165) is 36.7 Å². The number of benzene rings is 1. The third-order valence-electron chi connectivity index (χ3n) is 7.75. The molecule has 37 heavy (non-hydrogen) atoms. The van der Waals surface area contributed by atoms with Crippen LogP contribution in [0, 0.1) is 11.3 Å². The van der Waals surface area contributed by atoms with Crippen LogP contribution in [0.1, 0.15) is 76.2 Å². The van der Waals surface area contributed by atoms with E-state index >= 15 is 0 Å². The number of anilines is 1. The molecule has 0 unspecified atom stereocenters. The van der Waals surface area contributed by atoms with E-state index in [1.165, 1.54) is 51.3 Å². The zero-order valence-electron chi connectivity index (χ0n) is 21.6. The Morgan fingerprint density at radius 3 is 2.54 bits per heavy atom. The van der Waals surface area contributed by atoms with Crippen molar-refractivity contribution in [2.75, 3.05) is 31.4 Å². The number of sulfonamides is 1. The van der Waals surface area contributed by atoms with Crippen LogP contribution in [0.25, 0.3) is 5.32 Å². The van der Waals surface area contributed by atoms with Crippen molar-refractivity contribution in [3.63, 3.8) is 0 Å². The third kappa shape index (κ3) is 6.31. The van der Waals surface area contributed by atoms with Crippen LogP contribution in [0.4, 0.5) is 11.4 Å². The van der Waals surface area contributed by atoms with Gasteiger partial charge in [-0.2, -0.15) is 17.0 Å². The van der Waals surface area contributed by atoms with Crippen molar-refractivity contribution in [3.8, 4) is 6.07 Å². The molecule has 2 saturated carbocycles. The number of nitrogens with zero attached hydrogens (tertiary/aromatic N) is 3. The number of rotatable bonds is 8. The van der Waals surface area contributed by atoms with E-state index in [1.54, 1.807) is 0 Å². The maximum Gasteiger partial charge on any atom is 0.265 e. The first-order chi connectivity index (χ1) is 17.3. The van der Waals surface area contributed by atoms with Gasteiger partial charge in [-0.1, -0.05) is 56.7 Å². The first-order valence-electron chi connectivity index (χ1n) is 13.0. The number of fused-ring (bicyclic) bond motifs is 1. The van der Waals surface area contributed by atoms with Crippen molar-refractivity contribution in [2.45, 2.75) is 92.4 Å². The number of carbonyl (C=O) groups is 1. The number of thioether (sulfide) groups is 1. The van der Waals surface area contributed by atoms with Crippen molar-refractivity contribution in [1.29, 1.82) is 5.26 Å². The minimum Gasteiger partial charge on any atom is -0.678 e.